The highest BCUT2D eigenvalue weighted by molar-refractivity contribution is 7.89. The Kier molecular flexibility index (Phi) is 6.04. The summed E-state index contributed by atoms with van der Waals surface area (Å²) in [5.41, 5.74) is 0.183. The first-order chi connectivity index (χ1) is 13.9. The number of ether oxygens (including phenoxy) is 2. The van der Waals surface area contributed by atoms with E-state index in [0.717, 1.165) is 38.8 Å². The van der Waals surface area contributed by atoms with Gasteiger partial charge in [-0.25, -0.2) is 13.1 Å². The first-order valence-electron chi connectivity index (χ1n) is 9.98. The summed E-state index contributed by atoms with van der Waals surface area (Å²) in [7, 11) is -3.85. The third-order valence-electron chi connectivity index (χ3n) is 6.01. The standard InChI is InChI=1S/C19H26ClN3O5S/c20-14-10-15-16(28-12-18(24)22-15)11-17(14)29(25,26)21-13-19(4-2-1-3-5-19)23-6-8-27-9-7-23/h10-11,21H,1-9,12-13H2,(H,22,24). The molecule has 4 rings (SSSR count). The van der Waals surface area contributed by atoms with Gasteiger partial charge < -0.3 is 14.8 Å². The minimum absolute atomic E-state index is 0.0398. The van der Waals surface area contributed by atoms with Crippen LogP contribution in [-0.4, -0.2) is 64.2 Å². The second kappa shape index (κ2) is 8.39. The highest BCUT2D eigenvalue weighted by atomic mass is 35.5. The predicted molar refractivity (Wildman–Crippen MR) is 109 cm³/mol. The van der Waals surface area contributed by atoms with Crippen molar-refractivity contribution in [1.29, 1.82) is 0 Å². The maximum Gasteiger partial charge on any atom is 0.262 e. The molecule has 160 valence electrons. The molecule has 8 nitrogen and oxygen atoms in total. The lowest BCUT2D eigenvalue weighted by Crippen LogP contribution is -2.59. The van der Waals surface area contributed by atoms with E-state index < -0.39 is 10.0 Å². The SMILES string of the molecule is O=C1COc2cc(S(=O)(=O)NCC3(N4CCOCC4)CCCCC3)c(Cl)cc2N1. The number of sulfonamides is 1. The maximum absolute atomic E-state index is 13.1. The summed E-state index contributed by atoms with van der Waals surface area (Å²) in [6.07, 6.45) is 5.28. The van der Waals surface area contributed by atoms with E-state index >= 15 is 0 Å². The number of amides is 1. The summed E-state index contributed by atoms with van der Waals surface area (Å²) in [6.45, 7) is 3.16. The molecule has 0 radical (unpaired) electrons. The van der Waals surface area contributed by atoms with Crippen LogP contribution in [0, 0.1) is 0 Å². The number of benzene rings is 1. The van der Waals surface area contributed by atoms with E-state index in [1.807, 2.05) is 0 Å². The number of nitrogens with one attached hydrogen (secondary N) is 2. The van der Waals surface area contributed by atoms with Crippen molar-refractivity contribution in [3.8, 4) is 5.75 Å². The van der Waals surface area contributed by atoms with E-state index in [-0.39, 0.29) is 28.0 Å². The van der Waals surface area contributed by atoms with E-state index in [0.29, 0.717) is 31.2 Å². The molecular weight excluding hydrogens is 418 g/mol. The average Bonchev–Trinajstić information content (AvgIpc) is 2.73. The number of fused-ring (bicyclic) bond motifs is 1. The number of morpholine rings is 1. The molecule has 1 aromatic carbocycles. The fourth-order valence-corrected chi connectivity index (χ4v) is 6.11. The Morgan fingerprint density at radius 3 is 2.62 bits per heavy atom. The molecule has 2 heterocycles. The van der Waals surface area contributed by atoms with Crippen LogP contribution in [0.5, 0.6) is 5.75 Å². The molecule has 29 heavy (non-hydrogen) atoms. The van der Waals surface area contributed by atoms with Crippen LogP contribution in [0.1, 0.15) is 32.1 Å². The largest absolute Gasteiger partial charge is 0.482 e. The molecule has 1 saturated carbocycles. The lowest BCUT2D eigenvalue weighted by atomic mass is 9.80. The number of halogens is 1. The van der Waals surface area contributed by atoms with E-state index in [1.54, 1.807) is 0 Å². The van der Waals surface area contributed by atoms with E-state index in [2.05, 4.69) is 14.9 Å². The van der Waals surface area contributed by atoms with Gasteiger partial charge in [0.15, 0.2) is 6.61 Å². The number of nitrogens with zero attached hydrogens (tertiary/aromatic N) is 1. The van der Waals surface area contributed by atoms with Crippen LogP contribution in [0.25, 0.3) is 0 Å². The minimum Gasteiger partial charge on any atom is -0.482 e. The molecule has 1 aliphatic carbocycles. The molecule has 1 aromatic rings. The van der Waals surface area contributed by atoms with Crippen molar-refractivity contribution in [1.82, 2.24) is 9.62 Å². The molecule has 0 aromatic heterocycles. The molecule has 1 amide bonds. The van der Waals surface area contributed by atoms with Gasteiger partial charge in [-0.15, -0.1) is 0 Å². The monoisotopic (exact) mass is 443 g/mol. The first kappa shape index (κ1) is 20.9. The van der Waals surface area contributed by atoms with Gasteiger partial charge in [0.2, 0.25) is 10.0 Å². The molecule has 2 fully saturated rings. The molecule has 10 heteroatoms. The van der Waals surface area contributed by atoms with Gasteiger partial charge in [-0.2, -0.15) is 0 Å². The van der Waals surface area contributed by atoms with Crippen molar-refractivity contribution >= 4 is 33.2 Å². The third-order valence-corrected chi connectivity index (χ3v) is 7.88. The van der Waals surface area contributed by atoms with Crippen LogP contribution >= 0.6 is 11.6 Å². The summed E-state index contributed by atoms with van der Waals surface area (Å²) in [4.78, 5) is 13.8. The molecule has 0 unspecified atom stereocenters. The molecular formula is C19H26ClN3O5S. The van der Waals surface area contributed by atoms with Crippen molar-refractivity contribution in [2.75, 3.05) is 44.8 Å². The zero-order valence-corrected chi connectivity index (χ0v) is 17.8. The van der Waals surface area contributed by atoms with Gasteiger partial charge in [0.05, 0.1) is 23.9 Å². The molecule has 2 N–H and O–H groups in total. The topological polar surface area (TPSA) is 97.0 Å². The van der Waals surface area contributed by atoms with E-state index in [1.165, 1.54) is 18.6 Å². The summed E-state index contributed by atoms with van der Waals surface area (Å²) < 4.78 is 39.8. The highest BCUT2D eigenvalue weighted by Crippen LogP contribution is 2.37. The first-order valence-corrected chi connectivity index (χ1v) is 11.8. The Bertz CT molecular complexity index is 880. The summed E-state index contributed by atoms with van der Waals surface area (Å²) in [6, 6.07) is 2.79. The van der Waals surface area contributed by atoms with Gasteiger partial charge in [0, 0.05) is 31.2 Å². The van der Waals surface area contributed by atoms with E-state index in [4.69, 9.17) is 21.1 Å². The van der Waals surface area contributed by atoms with Crippen molar-refractivity contribution in [2.45, 2.75) is 42.5 Å². The zero-order chi connectivity index (χ0) is 20.5. The van der Waals surface area contributed by atoms with Gasteiger partial charge in [0.1, 0.15) is 10.6 Å². The van der Waals surface area contributed by atoms with Crippen LogP contribution < -0.4 is 14.8 Å². The second-order valence-corrected chi connectivity index (χ2v) is 9.97. The Morgan fingerprint density at radius 1 is 1.17 bits per heavy atom. The lowest BCUT2D eigenvalue weighted by Gasteiger charge is -2.48. The van der Waals surface area contributed by atoms with Crippen molar-refractivity contribution < 1.29 is 22.7 Å². The zero-order valence-electron chi connectivity index (χ0n) is 16.2. The summed E-state index contributed by atoms with van der Waals surface area (Å²) in [5.74, 6) is 0.00184. The number of hydrogen-bond donors (Lipinski definition) is 2. The summed E-state index contributed by atoms with van der Waals surface area (Å²) >= 11 is 6.25. The Labute approximate surface area is 175 Å². The maximum atomic E-state index is 13.1. The van der Waals surface area contributed by atoms with Crippen LogP contribution in [0.4, 0.5) is 5.69 Å². The molecule has 0 spiro atoms. The van der Waals surface area contributed by atoms with Gasteiger partial charge in [-0.05, 0) is 18.9 Å². The second-order valence-electron chi connectivity index (χ2n) is 7.82. The number of rotatable bonds is 5. The molecule has 1 saturated heterocycles. The summed E-state index contributed by atoms with van der Waals surface area (Å²) in [5, 5.41) is 2.68. The minimum atomic E-state index is -3.85. The molecule has 0 bridgehead atoms. The van der Waals surface area contributed by atoms with Crippen LogP contribution in [0.3, 0.4) is 0 Å². The van der Waals surface area contributed by atoms with E-state index in [9.17, 15) is 13.2 Å². The number of carbonyl (C=O) groups is 1. The normalized spacial score (nSPS) is 22.4. The smallest absolute Gasteiger partial charge is 0.262 e. The molecule has 2 aliphatic heterocycles. The number of anilines is 1. The van der Waals surface area contributed by atoms with Crippen molar-refractivity contribution in [2.24, 2.45) is 0 Å². The molecule has 3 aliphatic rings. The van der Waals surface area contributed by atoms with Gasteiger partial charge in [-0.3, -0.25) is 9.69 Å². The van der Waals surface area contributed by atoms with Crippen LogP contribution in [0.15, 0.2) is 17.0 Å². The van der Waals surface area contributed by atoms with Gasteiger partial charge >= 0.3 is 0 Å². The fourth-order valence-electron chi connectivity index (χ4n) is 4.45. The van der Waals surface area contributed by atoms with Crippen LogP contribution in [0.2, 0.25) is 5.02 Å². The number of hydrogen-bond acceptors (Lipinski definition) is 6. The average molecular weight is 444 g/mol. The molecule has 0 atom stereocenters. The lowest BCUT2D eigenvalue weighted by molar-refractivity contribution is -0.118. The Hall–Kier alpha value is -1.39. The highest BCUT2D eigenvalue weighted by Gasteiger charge is 2.39. The van der Waals surface area contributed by atoms with Crippen molar-refractivity contribution in [3.63, 3.8) is 0 Å². The quantitative estimate of drug-likeness (QED) is 0.722. The Morgan fingerprint density at radius 2 is 1.90 bits per heavy atom. The van der Waals surface area contributed by atoms with Crippen LogP contribution in [-0.2, 0) is 19.6 Å². The van der Waals surface area contributed by atoms with Gasteiger partial charge in [-0.1, -0.05) is 30.9 Å². The third kappa shape index (κ3) is 4.39. The van der Waals surface area contributed by atoms with Crippen molar-refractivity contribution in [3.05, 3.63) is 17.2 Å². The number of carbonyl (C=O) groups excluding carboxylic acids is 1. The predicted octanol–water partition coefficient (Wildman–Crippen LogP) is 1.98. The fraction of sp³-hybridized carbons (Fsp3) is 0.632. The Balaban J connectivity index is 1.55. The van der Waals surface area contributed by atoms with Gasteiger partial charge in [0.25, 0.3) is 5.91 Å².